The van der Waals surface area contributed by atoms with Crippen molar-refractivity contribution in [1.29, 1.82) is 0 Å². The van der Waals surface area contributed by atoms with Gasteiger partial charge in [-0.05, 0) is 30.7 Å². The van der Waals surface area contributed by atoms with E-state index in [9.17, 15) is 13.2 Å². The Balaban J connectivity index is 2.06. The molecule has 8 heteroatoms. The molecular formula is C11H10F3N3OS. The van der Waals surface area contributed by atoms with Crippen LogP contribution in [-0.4, -0.2) is 15.9 Å². The maximum atomic E-state index is 12.3. The quantitative estimate of drug-likeness (QED) is 0.940. The molecule has 0 saturated heterocycles. The van der Waals surface area contributed by atoms with Crippen LogP contribution in [0.25, 0.3) is 0 Å². The van der Waals surface area contributed by atoms with Gasteiger partial charge in [-0.1, -0.05) is 12.1 Å². The lowest BCUT2D eigenvalue weighted by molar-refractivity contribution is -0.144. The number of ether oxygens (including phenoxy) is 1. The van der Waals surface area contributed by atoms with Crippen molar-refractivity contribution in [3.8, 4) is 10.9 Å². The second-order valence-corrected chi connectivity index (χ2v) is 4.38. The maximum Gasteiger partial charge on any atom is 0.452 e. The van der Waals surface area contributed by atoms with E-state index in [-0.39, 0.29) is 5.19 Å². The standard InChI is InChI=1S/C11H10F3N3OS/c12-11(13,14)9-16-10(19-17-9)18-8-3-1-7(2-4-8)5-6-15/h1-4H,5-6,15H2. The van der Waals surface area contributed by atoms with Crippen molar-refractivity contribution < 1.29 is 17.9 Å². The minimum atomic E-state index is -4.55. The molecule has 0 bridgehead atoms. The van der Waals surface area contributed by atoms with E-state index in [1.165, 1.54) is 0 Å². The molecule has 0 unspecified atom stereocenters. The normalized spacial score (nSPS) is 11.6. The van der Waals surface area contributed by atoms with Gasteiger partial charge in [-0.25, -0.2) is 0 Å². The molecule has 0 radical (unpaired) electrons. The third kappa shape index (κ3) is 3.65. The van der Waals surface area contributed by atoms with Crippen molar-refractivity contribution in [2.24, 2.45) is 5.73 Å². The van der Waals surface area contributed by atoms with Gasteiger partial charge in [-0.3, -0.25) is 0 Å². The number of halogens is 3. The van der Waals surface area contributed by atoms with Crippen LogP contribution in [0.15, 0.2) is 24.3 Å². The Morgan fingerprint density at radius 1 is 1.21 bits per heavy atom. The summed E-state index contributed by atoms with van der Waals surface area (Å²) in [6.07, 6.45) is -3.82. The predicted octanol–water partition coefficient (Wildman–Crippen LogP) is 2.85. The first-order valence-electron chi connectivity index (χ1n) is 5.37. The van der Waals surface area contributed by atoms with Crippen LogP contribution in [0.1, 0.15) is 11.4 Å². The van der Waals surface area contributed by atoms with Crippen LogP contribution in [0.4, 0.5) is 13.2 Å². The van der Waals surface area contributed by atoms with E-state index >= 15 is 0 Å². The fraction of sp³-hybridized carbons (Fsp3) is 0.273. The number of nitrogens with two attached hydrogens (primary N) is 1. The molecule has 0 aliphatic carbocycles. The largest absolute Gasteiger partial charge is 0.452 e. The summed E-state index contributed by atoms with van der Waals surface area (Å²) in [5.74, 6) is -0.780. The lowest BCUT2D eigenvalue weighted by Crippen LogP contribution is -2.06. The molecule has 2 N–H and O–H groups in total. The molecular weight excluding hydrogens is 279 g/mol. The number of benzene rings is 1. The Kier molecular flexibility index (Phi) is 4.01. The summed E-state index contributed by atoms with van der Waals surface area (Å²) in [4.78, 5) is 3.28. The molecule has 2 aromatic rings. The molecule has 2 rings (SSSR count). The summed E-state index contributed by atoms with van der Waals surface area (Å²) in [6, 6.07) is 6.90. The third-order valence-electron chi connectivity index (χ3n) is 2.22. The topological polar surface area (TPSA) is 61.0 Å². The average molecular weight is 289 g/mol. The maximum absolute atomic E-state index is 12.3. The van der Waals surface area contributed by atoms with Crippen LogP contribution in [-0.2, 0) is 12.6 Å². The molecule has 0 spiro atoms. The highest BCUT2D eigenvalue weighted by molar-refractivity contribution is 7.07. The van der Waals surface area contributed by atoms with E-state index < -0.39 is 12.0 Å². The first kappa shape index (κ1) is 13.8. The lowest BCUT2D eigenvalue weighted by atomic mass is 10.1. The molecule has 102 valence electrons. The molecule has 0 fully saturated rings. The molecule has 19 heavy (non-hydrogen) atoms. The Bertz CT molecular complexity index is 539. The Morgan fingerprint density at radius 2 is 1.89 bits per heavy atom. The van der Waals surface area contributed by atoms with Gasteiger partial charge >= 0.3 is 6.18 Å². The zero-order valence-corrected chi connectivity index (χ0v) is 10.5. The van der Waals surface area contributed by atoms with E-state index in [0.29, 0.717) is 23.8 Å². The number of nitrogens with zero attached hydrogens (tertiary/aromatic N) is 2. The first-order valence-corrected chi connectivity index (χ1v) is 6.14. The molecule has 1 heterocycles. The van der Waals surface area contributed by atoms with Crippen LogP contribution >= 0.6 is 11.5 Å². The summed E-state index contributed by atoms with van der Waals surface area (Å²) < 4.78 is 45.3. The lowest BCUT2D eigenvalue weighted by Gasteiger charge is -2.03. The van der Waals surface area contributed by atoms with Crippen molar-refractivity contribution in [1.82, 2.24) is 9.36 Å². The molecule has 4 nitrogen and oxygen atoms in total. The van der Waals surface area contributed by atoms with E-state index in [1.54, 1.807) is 24.3 Å². The number of hydrogen-bond donors (Lipinski definition) is 1. The van der Waals surface area contributed by atoms with Crippen LogP contribution in [0.5, 0.6) is 10.9 Å². The zero-order valence-electron chi connectivity index (χ0n) is 9.65. The molecule has 0 aliphatic rings. The molecule has 0 aliphatic heterocycles. The Labute approximate surface area is 111 Å². The second kappa shape index (κ2) is 5.54. The smallest absolute Gasteiger partial charge is 0.430 e. The Morgan fingerprint density at radius 3 is 2.42 bits per heavy atom. The van der Waals surface area contributed by atoms with Gasteiger partial charge in [-0.15, -0.1) is 0 Å². The van der Waals surface area contributed by atoms with Crippen molar-refractivity contribution in [3.63, 3.8) is 0 Å². The van der Waals surface area contributed by atoms with Crippen molar-refractivity contribution in [2.45, 2.75) is 12.6 Å². The minimum absolute atomic E-state index is 0.140. The van der Waals surface area contributed by atoms with Crippen LogP contribution in [0, 0.1) is 0 Å². The molecule has 0 amide bonds. The summed E-state index contributed by atoms with van der Waals surface area (Å²) in [7, 11) is 0. The van der Waals surface area contributed by atoms with Gasteiger partial charge in [0.05, 0.1) is 0 Å². The van der Waals surface area contributed by atoms with Gasteiger partial charge in [-0.2, -0.15) is 22.5 Å². The molecule has 1 aromatic heterocycles. The van der Waals surface area contributed by atoms with Crippen LogP contribution in [0.3, 0.4) is 0 Å². The highest BCUT2D eigenvalue weighted by Crippen LogP contribution is 2.31. The Hall–Kier alpha value is -1.67. The number of hydrogen-bond acceptors (Lipinski definition) is 5. The zero-order chi connectivity index (χ0) is 13.9. The summed E-state index contributed by atoms with van der Waals surface area (Å²) >= 11 is 0.562. The fourth-order valence-corrected chi connectivity index (χ4v) is 1.93. The van der Waals surface area contributed by atoms with Crippen molar-refractivity contribution in [2.75, 3.05) is 6.54 Å². The average Bonchev–Trinajstić information content (AvgIpc) is 2.80. The van der Waals surface area contributed by atoms with E-state index in [1.807, 2.05) is 0 Å². The summed E-state index contributed by atoms with van der Waals surface area (Å²) in [5.41, 5.74) is 6.44. The molecule has 0 saturated carbocycles. The SMILES string of the molecule is NCCc1ccc(Oc2nc(C(F)(F)F)ns2)cc1. The highest BCUT2D eigenvalue weighted by atomic mass is 32.1. The second-order valence-electron chi connectivity index (χ2n) is 3.67. The predicted molar refractivity (Wildman–Crippen MR) is 64.2 cm³/mol. The third-order valence-corrected chi connectivity index (χ3v) is 2.82. The summed E-state index contributed by atoms with van der Waals surface area (Å²) in [5, 5.41) is -0.140. The van der Waals surface area contributed by atoms with Gasteiger partial charge < -0.3 is 10.5 Å². The van der Waals surface area contributed by atoms with Gasteiger partial charge in [0, 0.05) is 11.5 Å². The van der Waals surface area contributed by atoms with Crippen molar-refractivity contribution in [3.05, 3.63) is 35.7 Å². The monoisotopic (exact) mass is 289 g/mol. The number of alkyl halides is 3. The van der Waals surface area contributed by atoms with Gasteiger partial charge in [0.15, 0.2) is 0 Å². The molecule has 1 aromatic carbocycles. The van der Waals surface area contributed by atoms with E-state index in [2.05, 4.69) is 9.36 Å². The number of rotatable bonds is 4. The number of aromatic nitrogens is 2. The molecule has 0 atom stereocenters. The van der Waals surface area contributed by atoms with Crippen molar-refractivity contribution >= 4 is 11.5 Å². The van der Waals surface area contributed by atoms with Crippen LogP contribution in [0.2, 0.25) is 0 Å². The summed E-state index contributed by atoms with van der Waals surface area (Å²) in [6.45, 7) is 0.533. The van der Waals surface area contributed by atoms with E-state index in [0.717, 1.165) is 12.0 Å². The van der Waals surface area contributed by atoms with Gasteiger partial charge in [0.2, 0.25) is 0 Å². The van der Waals surface area contributed by atoms with Crippen LogP contribution < -0.4 is 10.5 Å². The van der Waals surface area contributed by atoms with E-state index in [4.69, 9.17) is 10.5 Å². The minimum Gasteiger partial charge on any atom is -0.430 e. The van der Waals surface area contributed by atoms with Gasteiger partial charge in [0.1, 0.15) is 5.75 Å². The highest BCUT2D eigenvalue weighted by Gasteiger charge is 2.36. The fourth-order valence-electron chi connectivity index (χ4n) is 1.36. The first-order chi connectivity index (χ1) is 8.99. The van der Waals surface area contributed by atoms with Gasteiger partial charge in [0.25, 0.3) is 11.0 Å².